The Morgan fingerprint density at radius 1 is 0.500 bits per heavy atom. The van der Waals surface area contributed by atoms with Crippen LogP contribution >= 0.6 is 0 Å². The summed E-state index contributed by atoms with van der Waals surface area (Å²) in [5, 5.41) is 67.9. The number of carbonyl (C=O) groups excluding carboxylic acids is 14. The molecule has 0 saturated carbocycles. The summed E-state index contributed by atoms with van der Waals surface area (Å²) in [5.74, 6) is -16.7. The number of aliphatic carboxylic acids is 2. The summed E-state index contributed by atoms with van der Waals surface area (Å²) >= 11 is 0. The Kier molecular flexibility index (Phi) is 38.4. The lowest BCUT2D eigenvalue weighted by molar-refractivity contribution is -0.144. The van der Waals surface area contributed by atoms with E-state index in [4.69, 9.17) is 34.4 Å². The molecule has 0 unspecified atom stereocenters. The van der Waals surface area contributed by atoms with Crippen LogP contribution in [0.1, 0.15) is 161 Å². The quantitative estimate of drug-likeness (QED) is 0.0168. The van der Waals surface area contributed by atoms with E-state index in [2.05, 4.69) is 68.5 Å². The van der Waals surface area contributed by atoms with E-state index in [9.17, 15) is 87.5 Å². The molecule has 116 heavy (non-hydrogen) atoms. The van der Waals surface area contributed by atoms with Gasteiger partial charge in [0, 0.05) is 51.9 Å². The Hall–Kier alpha value is -11.9. The number of carbonyl (C=O) groups is 16. The Bertz CT molecular complexity index is 3840. The summed E-state index contributed by atoms with van der Waals surface area (Å²) in [6.45, 7) is 8.11. The maximum atomic E-state index is 15.1. The van der Waals surface area contributed by atoms with Crippen LogP contribution in [0.25, 0.3) is 0 Å². The van der Waals surface area contributed by atoms with Gasteiger partial charge in [-0.1, -0.05) is 58.4 Å². The van der Waals surface area contributed by atoms with E-state index in [0.29, 0.717) is 24.0 Å². The minimum Gasteiger partial charge on any atom is -0.508 e. The van der Waals surface area contributed by atoms with Gasteiger partial charge in [-0.3, -0.25) is 86.7 Å². The molecule has 3 heterocycles. The fraction of sp³-hybridized carbons (Fsp3) is 0.600. The second-order valence-corrected chi connectivity index (χ2v) is 29.6. The molecule has 3 fully saturated rings. The first-order chi connectivity index (χ1) is 54.9. The number of benzene rings is 2. The molecule has 41 nitrogen and oxygen atoms in total. The Labute approximate surface area is 671 Å². The maximum absolute atomic E-state index is 15.1. The lowest BCUT2D eigenvalue weighted by atomic mass is 9.96. The molecule has 14 amide bonds. The number of aliphatic imine (C=N–C) groups is 2. The van der Waals surface area contributed by atoms with Crippen LogP contribution < -0.4 is 92.9 Å². The molecule has 2 aromatic rings. The van der Waals surface area contributed by atoms with Crippen LogP contribution in [0, 0.1) is 11.8 Å². The number of hydrogen-bond donors (Lipinski definition) is 21. The van der Waals surface area contributed by atoms with Crippen molar-refractivity contribution in [1.29, 1.82) is 0 Å². The van der Waals surface area contributed by atoms with Gasteiger partial charge >= 0.3 is 11.9 Å². The summed E-state index contributed by atoms with van der Waals surface area (Å²) in [6.07, 6.45) is -1.54. The summed E-state index contributed by atoms with van der Waals surface area (Å²) < 4.78 is 0. The van der Waals surface area contributed by atoms with E-state index in [1.807, 2.05) is 0 Å². The maximum Gasteiger partial charge on any atom is 0.325 e. The standard InChI is InChI=1S/C75H115N21O20/c1-6-40(4)60(70(112)84-41(5)73(115)116)94-67(109)53(37-43-20-24-45(98)25-21-43)93-69(111)56-17-12-34-96(56)72(114)50(15-10-32-83-75(80)81)88-61(103)46(14-9-31-82-74(78)79)87-68(110)55-16-11-33-95(55)71(113)49(13-7-8-30-76)89-66(108)54(38-57(77)99)92-63(105)48(27-29-59(101)102)86-65(107)52(36-42-18-22-44(97)23-19-42)91-64(106)51(35-39(2)3)90-62(104)47-26-28-58(100)85-47/h18-25,39-41,46-56,60,97-98H,6-17,26-38,76H2,1-5H3,(H2,77,99)(H,84,112)(H,85,100)(H,86,107)(H,87,110)(H,88,103)(H,89,108)(H,90,104)(H,91,106)(H,92,105)(H,93,111)(H,94,109)(H,101,102)(H,115,116)(H4,78,79,82)(H4,80,81,83)/t40-,41-,46-,47-,48-,49-,50-,51-,52-,53-,54-,55-,56-,60-/m0/s1. The number of guanidine groups is 2. The number of rotatable bonds is 48. The zero-order chi connectivity index (χ0) is 86.0. The van der Waals surface area contributed by atoms with Crippen molar-refractivity contribution >= 4 is 107 Å². The topological polar surface area (TPSA) is 674 Å². The second-order valence-electron chi connectivity index (χ2n) is 29.6. The fourth-order valence-corrected chi connectivity index (χ4v) is 13.4. The minimum absolute atomic E-state index is 0.00464. The molecule has 5 rings (SSSR count). The van der Waals surface area contributed by atoms with Gasteiger partial charge in [-0.2, -0.15) is 0 Å². The van der Waals surface area contributed by atoms with Crippen molar-refractivity contribution in [3.8, 4) is 11.5 Å². The summed E-state index contributed by atoms with van der Waals surface area (Å²) in [5.41, 5.74) is 34.9. The van der Waals surface area contributed by atoms with Crippen molar-refractivity contribution < 1.29 is 97.1 Å². The number of primary amides is 1. The van der Waals surface area contributed by atoms with Crippen molar-refractivity contribution in [2.75, 3.05) is 32.7 Å². The molecule has 14 atom stereocenters. The first-order valence-electron chi connectivity index (χ1n) is 38.9. The fourth-order valence-electron chi connectivity index (χ4n) is 13.4. The number of carboxylic acids is 2. The van der Waals surface area contributed by atoms with Gasteiger partial charge in [-0.15, -0.1) is 0 Å². The van der Waals surface area contributed by atoms with Crippen LogP contribution in [0.4, 0.5) is 0 Å². The molecule has 640 valence electrons. The molecule has 3 saturated heterocycles. The van der Waals surface area contributed by atoms with Gasteiger partial charge in [-0.25, -0.2) is 0 Å². The number of amides is 14. The largest absolute Gasteiger partial charge is 0.508 e. The highest BCUT2D eigenvalue weighted by Crippen LogP contribution is 2.25. The van der Waals surface area contributed by atoms with Crippen LogP contribution in [0.2, 0.25) is 0 Å². The van der Waals surface area contributed by atoms with E-state index in [1.54, 1.807) is 27.7 Å². The molecule has 2 aromatic carbocycles. The number of unbranched alkanes of at least 4 members (excludes halogenated alkanes) is 1. The minimum atomic E-state index is -1.93. The van der Waals surface area contributed by atoms with Crippen LogP contribution in [0.5, 0.6) is 11.5 Å². The zero-order valence-corrected chi connectivity index (χ0v) is 66.0. The lowest BCUT2D eigenvalue weighted by Crippen LogP contribution is -2.61. The van der Waals surface area contributed by atoms with Crippen LogP contribution in [0.15, 0.2) is 58.5 Å². The molecule has 0 aliphatic carbocycles. The van der Waals surface area contributed by atoms with Gasteiger partial charge in [0.1, 0.15) is 90.0 Å². The molecule has 0 spiro atoms. The number of nitrogens with zero attached hydrogens (tertiary/aromatic N) is 4. The summed E-state index contributed by atoms with van der Waals surface area (Å²) in [4.78, 5) is 233. The van der Waals surface area contributed by atoms with E-state index in [1.165, 1.54) is 60.4 Å². The third-order valence-corrected chi connectivity index (χ3v) is 19.9. The number of nitrogens with two attached hydrogens (primary N) is 6. The first-order valence-corrected chi connectivity index (χ1v) is 38.9. The number of nitrogens with one attached hydrogen (secondary N) is 11. The van der Waals surface area contributed by atoms with Crippen LogP contribution in [0.3, 0.4) is 0 Å². The smallest absolute Gasteiger partial charge is 0.325 e. The van der Waals surface area contributed by atoms with Crippen LogP contribution in [-0.4, -0.2) is 248 Å². The molecular formula is C75H115N21O20. The number of phenols is 2. The number of aromatic hydroxyl groups is 2. The van der Waals surface area contributed by atoms with Crippen molar-refractivity contribution in [2.24, 2.45) is 56.2 Å². The van der Waals surface area contributed by atoms with Crippen LogP contribution in [-0.2, 0) is 89.6 Å². The molecular weight excluding hydrogens is 1510 g/mol. The third-order valence-electron chi connectivity index (χ3n) is 19.9. The molecule has 3 aliphatic rings. The molecule has 27 N–H and O–H groups in total. The van der Waals surface area contributed by atoms with Gasteiger partial charge in [0.05, 0.1) is 6.42 Å². The van der Waals surface area contributed by atoms with Gasteiger partial charge in [0.25, 0.3) is 0 Å². The molecule has 0 aromatic heterocycles. The number of likely N-dealkylation sites (tertiary alicyclic amines) is 2. The third kappa shape index (κ3) is 31.1. The van der Waals surface area contributed by atoms with Crippen molar-refractivity contribution in [3.05, 3.63) is 59.7 Å². The van der Waals surface area contributed by atoms with Crippen molar-refractivity contribution in [1.82, 2.24) is 68.3 Å². The predicted octanol–water partition coefficient (Wildman–Crippen LogP) is -4.84. The van der Waals surface area contributed by atoms with E-state index >= 15 is 9.59 Å². The predicted molar refractivity (Wildman–Crippen MR) is 419 cm³/mol. The first kappa shape index (κ1) is 94.7. The Balaban J connectivity index is 1.41. The number of hydrogen-bond acceptors (Lipinski definition) is 21. The molecule has 0 bridgehead atoms. The lowest BCUT2D eigenvalue weighted by Gasteiger charge is -2.32. The highest BCUT2D eigenvalue weighted by molar-refractivity contribution is 6.01. The highest BCUT2D eigenvalue weighted by Gasteiger charge is 2.44. The molecule has 3 aliphatic heterocycles. The number of carboxylic acid groups (broad SMARTS) is 2. The molecule has 0 radical (unpaired) electrons. The SMILES string of the molecule is CC[C@H](C)[C@H](NC(=O)[C@H](Cc1ccc(O)cc1)NC(=O)[C@@H]1CCCN1C(=O)[C@H](CCCN=C(N)N)NC(=O)[C@H](CCCN=C(N)N)NC(=O)[C@@H]1CCCN1C(=O)[C@H](CCCCN)NC(=O)[C@H](CC(N)=O)NC(=O)[C@H](CCC(=O)O)NC(=O)[C@H](Cc1ccc(O)cc1)NC(=O)[C@H](CC(C)C)NC(=O)[C@@H]1CCC(=O)N1)C(=O)N[C@@H](C)C(=O)O. The van der Waals surface area contributed by atoms with E-state index in [0.717, 1.165) is 4.90 Å². The van der Waals surface area contributed by atoms with Crippen molar-refractivity contribution in [2.45, 2.75) is 242 Å². The van der Waals surface area contributed by atoms with Gasteiger partial charge in [-0.05, 0) is 151 Å². The van der Waals surface area contributed by atoms with Gasteiger partial charge in [0.15, 0.2) is 11.9 Å². The van der Waals surface area contributed by atoms with E-state index < -0.39 is 192 Å². The normalized spacial score (nSPS) is 17.9. The summed E-state index contributed by atoms with van der Waals surface area (Å²) in [6, 6.07) is -7.45. The zero-order valence-electron chi connectivity index (χ0n) is 66.0. The second kappa shape index (κ2) is 47.0. The van der Waals surface area contributed by atoms with Gasteiger partial charge in [0.2, 0.25) is 82.7 Å². The van der Waals surface area contributed by atoms with Gasteiger partial charge < -0.3 is 123 Å². The highest BCUT2D eigenvalue weighted by atomic mass is 16.4. The monoisotopic (exact) mass is 1630 g/mol. The Morgan fingerprint density at radius 3 is 1.38 bits per heavy atom. The molecule has 41 heteroatoms. The summed E-state index contributed by atoms with van der Waals surface area (Å²) in [7, 11) is 0. The van der Waals surface area contributed by atoms with E-state index in [-0.39, 0.29) is 164 Å². The Morgan fingerprint density at radius 2 is 0.922 bits per heavy atom. The number of phenolic OH excluding ortho intramolecular Hbond substituents is 2. The van der Waals surface area contributed by atoms with Crippen molar-refractivity contribution in [3.63, 3.8) is 0 Å². The average molecular weight is 1630 g/mol. The average Bonchev–Trinajstić information content (AvgIpc) is 1.61.